The lowest BCUT2D eigenvalue weighted by Gasteiger charge is -2.38. The van der Waals surface area contributed by atoms with Gasteiger partial charge in [-0.05, 0) is 63.6 Å². The fourth-order valence-corrected chi connectivity index (χ4v) is 4.51. The highest BCUT2D eigenvalue weighted by atomic mass is 16.5. The van der Waals surface area contributed by atoms with Gasteiger partial charge in [-0.25, -0.2) is 0 Å². The molecule has 0 spiro atoms. The van der Waals surface area contributed by atoms with Crippen LogP contribution in [0.4, 0.5) is 0 Å². The lowest BCUT2D eigenvalue weighted by Crippen LogP contribution is -2.49. The number of aromatic nitrogens is 1. The Bertz CT molecular complexity index is 1340. The molecule has 1 aliphatic carbocycles. The first-order valence-corrected chi connectivity index (χ1v) is 12.1. The maximum atomic E-state index is 12.9. The third-order valence-electron chi connectivity index (χ3n) is 6.97. The van der Waals surface area contributed by atoms with Crippen molar-refractivity contribution in [1.29, 1.82) is 5.41 Å². The van der Waals surface area contributed by atoms with E-state index >= 15 is 0 Å². The molecule has 1 aliphatic heterocycles. The van der Waals surface area contributed by atoms with Crippen molar-refractivity contribution < 1.29 is 18.7 Å². The van der Waals surface area contributed by atoms with Gasteiger partial charge in [0.2, 0.25) is 0 Å². The van der Waals surface area contributed by atoms with Crippen LogP contribution in [-0.4, -0.2) is 47.0 Å². The highest BCUT2D eigenvalue weighted by Crippen LogP contribution is 2.33. The molecule has 1 atom stereocenters. The number of nitrogens with zero attached hydrogens (tertiary/aromatic N) is 1. The Morgan fingerprint density at radius 3 is 2.74 bits per heavy atom. The number of benzene rings is 1. The lowest BCUT2D eigenvalue weighted by molar-refractivity contribution is 0.0501. The summed E-state index contributed by atoms with van der Waals surface area (Å²) in [6.07, 6.45) is 7.74. The molecular formula is C27H30N4O4. The summed E-state index contributed by atoms with van der Waals surface area (Å²) in [6.45, 7) is 7.16. The van der Waals surface area contributed by atoms with Crippen LogP contribution in [0.5, 0.6) is 5.75 Å². The number of ether oxygens (including phenoxy) is 1. The summed E-state index contributed by atoms with van der Waals surface area (Å²) in [6, 6.07) is 5.58. The van der Waals surface area contributed by atoms with Gasteiger partial charge in [-0.15, -0.1) is 0 Å². The van der Waals surface area contributed by atoms with Crippen LogP contribution in [0.2, 0.25) is 0 Å². The van der Waals surface area contributed by atoms with Gasteiger partial charge in [-0.3, -0.25) is 9.59 Å². The van der Waals surface area contributed by atoms with Gasteiger partial charge < -0.3 is 29.8 Å². The summed E-state index contributed by atoms with van der Waals surface area (Å²) in [5.41, 5.74) is 3.11. The number of aryl methyl sites for hydroxylation is 1. The average molecular weight is 475 g/mol. The minimum atomic E-state index is -0.123. The van der Waals surface area contributed by atoms with E-state index in [1.165, 1.54) is 18.9 Å². The molecular weight excluding hydrogens is 444 g/mol. The van der Waals surface area contributed by atoms with Crippen LogP contribution >= 0.6 is 0 Å². The number of allylic oxidation sites excluding steroid dienone is 1. The third kappa shape index (κ3) is 4.36. The SMILES string of the molecule is Cc1oc2cc(O/C(=C/C=N)c3[nH]cc(C(=O)N4CCC4C)c3C)ccc2c1C(=O)NCC1CC1. The van der Waals surface area contributed by atoms with Crippen LogP contribution < -0.4 is 10.1 Å². The van der Waals surface area contributed by atoms with E-state index in [4.69, 9.17) is 14.6 Å². The second-order valence-corrected chi connectivity index (χ2v) is 9.48. The van der Waals surface area contributed by atoms with Crippen LogP contribution in [0.3, 0.4) is 0 Å². The van der Waals surface area contributed by atoms with Crippen LogP contribution in [0.25, 0.3) is 16.7 Å². The molecule has 8 nitrogen and oxygen atoms in total. The van der Waals surface area contributed by atoms with Crippen molar-refractivity contribution in [3.05, 3.63) is 58.6 Å². The molecule has 1 aromatic carbocycles. The van der Waals surface area contributed by atoms with Crippen LogP contribution in [0.15, 0.2) is 34.9 Å². The van der Waals surface area contributed by atoms with Crippen LogP contribution in [-0.2, 0) is 0 Å². The topological polar surface area (TPSA) is 111 Å². The highest BCUT2D eigenvalue weighted by Gasteiger charge is 2.31. The number of H-pyrrole nitrogens is 1. The number of aromatic amines is 1. The summed E-state index contributed by atoms with van der Waals surface area (Å²) >= 11 is 0. The Kier molecular flexibility index (Phi) is 5.96. The molecule has 3 N–H and O–H groups in total. The van der Waals surface area contributed by atoms with Crippen molar-refractivity contribution in [2.45, 2.75) is 46.1 Å². The monoisotopic (exact) mass is 474 g/mol. The lowest BCUT2D eigenvalue weighted by atomic mass is 10.0. The zero-order valence-electron chi connectivity index (χ0n) is 20.2. The molecule has 3 heterocycles. The fraction of sp³-hybridized carbons (Fsp3) is 0.370. The molecule has 35 heavy (non-hydrogen) atoms. The first-order valence-electron chi connectivity index (χ1n) is 12.1. The van der Waals surface area contributed by atoms with Crippen molar-refractivity contribution in [2.75, 3.05) is 13.1 Å². The Labute approximate surface area is 203 Å². The van der Waals surface area contributed by atoms with E-state index < -0.39 is 0 Å². The maximum Gasteiger partial charge on any atom is 0.255 e. The van der Waals surface area contributed by atoms with Gasteiger partial charge in [0.1, 0.15) is 17.1 Å². The summed E-state index contributed by atoms with van der Waals surface area (Å²) in [4.78, 5) is 30.6. The predicted molar refractivity (Wildman–Crippen MR) is 134 cm³/mol. The number of likely N-dealkylation sites (tertiary alicyclic amines) is 1. The van der Waals surface area contributed by atoms with Crippen molar-refractivity contribution in [3.8, 4) is 5.75 Å². The van der Waals surface area contributed by atoms with Gasteiger partial charge in [0.25, 0.3) is 11.8 Å². The molecule has 2 aliphatic rings. The molecule has 182 valence electrons. The quantitative estimate of drug-likeness (QED) is 0.321. The van der Waals surface area contributed by atoms with E-state index in [1.54, 1.807) is 25.3 Å². The fourth-order valence-electron chi connectivity index (χ4n) is 4.51. The molecule has 1 saturated heterocycles. The molecule has 0 radical (unpaired) electrons. The Morgan fingerprint density at radius 1 is 1.29 bits per heavy atom. The van der Waals surface area contributed by atoms with E-state index in [9.17, 15) is 9.59 Å². The molecule has 2 aromatic heterocycles. The van der Waals surface area contributed by atoms with Gasteiger partial charge in [-0.2, -0.15) is 0 Å². The zero-order valence-corrected chi connectivity index (χ0v) is 20.2. The minimum Gasteiger partial charge on any atom is -0.460 e. The van der Waals surface area contributed by atoms with Crippen molar-refractivity contribution >= 4 is 34.8 Å². The first-order chi connectivity index (χ1) is 16.9. The summed E-state index contributed by atoms with van der Waals surface area (Å²) in [5, 5.41) is 11.3. The zero-order chi connectivity index (χ0) is 24.7. The smallest absolute Gasteiger partial charge is 0.255 e. The molecule has 0 bridgehead atoms. The molecule has 1 unspecified atom stereocenters. The van der Waals surface area contributed by atoms with Gasteiger partial charge in [0.05, 0.1) is 16.8 Å². The maximum absolute atomic E-state index is 12.9. The number of hydrogen-bond donors (Lipinski definition) is 3. The van der Waals surface area contributed by atoms with Gasteiger partial charge >= 0.3 is 0 Å². The second-order valence-electron chi connectivity index (χ2n) is 9.48. The van der Waals surface area contributed by atoms with E-state index in [-0.39, 0.29) is 17.9 Å². The number of furan rings is 1. The van der Waals surface area contributed by atoms with E-state index in [0.29, 0.717) is 52.1 Å². The summed E-state index contributed by atoms with van der Waals surface area (Å²) in [7, 11) is 0. The molecule has 8 heteroatoms. The van der Waals surface area contributed by atoms with Crippen molar-refractivity contribution in [2.24, 2.45) is 5.92 Å². The summed E-state index contributed by atoms with van der Waals surface area (Å²) in [5.74, 6) is 1.95. The third-order valence-corrected chi connectivity index (χ3v) is 6.97. The van der Waals surface area contributed by atoms with Crippen molar-refractivity contribution in [3.63, 3.8) is 0 Å². The Balaban J connectivity index is 1.39. The number of nitrogens with one attached hydrogen (secondary N) is 3. The van der Waals surface area contributed by atoms with E-state index in [0.717, 1.165) is 30.1 Å². The largest absolute Gasteiger partial charge is 0.460 e. The molecule has 5 rings (SSSR count). The molecule has 2 amide bonds. The number of carbonyl (C=O) groups is 2. The summed E-state index contributed by atoms with van der Waals surface area (Å²) < 4.78 is 12.0. The van der Waals surface area contributed by atoms with Gasteiger partial charge in [0.15, 0.2) is 5.76 Å². The number of amides is 2. The molecule has 3 aromatic rings. The number of rotatable bonds is 8. The van der Waals surface area contributed by atoms with Crippen LogP contribution in [0.1, 0.15) is 63.9 Å². The molecule has 1 saturated carbocycles. The number of fused-ring (bicyclic) bond motifs is 1. The number of hydrogen-bond acceptors (Lipinski definition) is 5. The second kappa shape index (κ2) is 9.09. The average Bonchev–Trinajstić information content (AvgIpc) is 3.48. The van der Waals surface area contributed by atoms with E-state index in [1.807, 2.05) is 24.8 Å². The van der Waals surface area contributed by atoms with Gasteiger partial charge in [0, 0.05) is 49.1 Å². The molecule has 2 fully saturated rings. The normalized spacial score (nSPS) is 17.9. The Hall–Kier alpha value is -3.81. The van der Waals surface area contributed by atoms with Crippen LogP contribution in [0, 0.1) is 25.2 Å². The van der Waals surface area contributed by atoms with Crippen molar-refractivity contribution in [1.82, 2.24) is 15.2 Å². The predicted octanol–water partition coefficient (Wildman–Crippen LogP) is 4.82. The number of carbonyl (C=O) groups excluding carboxylic acids is 2. The standard InChI is InChI=1S/C27H30N4O4/c1-15-9-11-31(15)27(33)21-14-29-25(16(21)2)22(8-10-28)35-19-6-7-20-23(12-19)34-17(3)24(20)26(32)30-13-18-4-5-18/h6-8,10,12,14-15,18,28-29H,4-5,9,11,13H2,1-3H3,(H,30,32)/b22-8+,28-10?. The minimum absolute atomic E-state index is 0.00192. The van der Waals surface area contributed by atoms with E-state index in [2.05, 4.69) is 10.3 Å². The highest BCUT2D eigenvalue weighted by molar-refractivity contribution is 6.07. The van der Waals surface area contributed by atoms with Gasteiger partial charge in [-0.1, -0.05) is 0 Å². The Morgan fingerprint density at radius 2 is 2.09 bits per heavy atom. The first kappa shape index (κ1) is 23.0.